The molecule has 0 radical (unpaired) electrons. The van der Waals surface area contributed by atoms with E-state index in [0.717, 1.165) is 39.9 Å². The molecule has 4 rings (SSSR count). The SMILES string of the molecule is CCc1cc(NC(=O)[C@@H](O)c2cccc(F)c2)ccc1-c1nc(C)n2c(C)cnc(N)c12. The van der Waals surface area contributed by atoms with Crippen molar-refractivity contribution in [1.82, 2.24) is 14.4 Å². The summed E-state index contributed by atoms with van der Waals surface area (Å²) >= 11 is 0. The topological polar surface area (TPSA) is 106 Å². The van der Waals surface area contributed by atoms with Crippen LogP contribution in [0.3, 0.4) is 0 Å². The maximum absolute atomic E-state index is 13.4. The summed E-state index contributed by atoms with van der Waals surface area (Å²) in [7, 11) is 0. The number of aliphatic hydroxyl groups excluding tert-OH is 1. The lowest BCUT2D eigenvalue weighted by atomic mass is 10.0. The minimum atomic E-state index is -1.48. The minimum Gasteiger partial charge on any atom is -0.382 e. The Morgan fingerprint density at radius 3 is 2.75 bits per heavy atom. The van der Waals surface area contributed by atoms with Crippen LogP contribution in [0.2, 0.25) is 0 Å². The molecule has 4 N–H and O–H groups in total. The molecule has 0 unspecified atom stereocenters. The zero-order valence-corrected chi connectivity index (χ0v) is 18.1. The van der Waals surface area contributed by atoms with Gasteiger partial charge in [0.25, 0.3) is 5.91 Å². The van der Waals surface area contributed by atoms with Gasteiger partial charge in [0.05, 0.1) is 0 Å². The number of halogens is 1. The molecule has 0 aliphatic rings. The number of nitrogens with two attached hydrogens (primary N) is 1. The van der Waals surface area contributed by atoms with Crippen LogP contribution in [0, 0.1) is 19.7 Å². The zero-order valence-electron chi connectivity index (χ0n) is 18.1. The summed E-state index contributed by atoms with van der Waals surface area (Å²) in [5.74, 6) is 0.0411. The van der Waals surface area contributed by atoms with Crippen LogP contribution < -0.4 is 11.1 Å². The lowest BCUT2D eigenvalue weighted by molar-refractivity contribution is -0.124. The van der Waals surface area contributed by atoms with Gasteiger partial charge in [0.1, 0.15) is 28.7 Å². The zero-order chi connectivity index (χ0) is 23.0. The van der Waals surface area contributed by atoms with Crippen molar-refractivity contribution in [2.75, 3.05) is 11.1 Å². The first-order valence-corrected chi connectivity index (χ1v) is 10.3. The predicted molar refractivity (Wildman–Crippen MR) is 122 cm³/mol. The molecule has 164 valence electrons. The van der Waals surface area contributed by atoms with Crippen molar-refractivity contribution in [1.29, 1.82) is 0 Å². The van der Waals surface area contributed by atoms with E-state index in [2.05, 4.69) is 10.3 Å². The smallest absolute Gasteiger partial charge is 0.257 e. The van der Waals surface area contributed by atoms with Crippen LogP contribution in [-0.2, 0) is 11.2 Å². The van der Waals surface area contributed by atoms with E-state index in [-0.39, 0.29) is 5.56 Å². The summed E-state index contributed by atoms with van der Waals surface area (Å²) in [4.78, 5) is 21.5. The van der Waals surface area contributed by atoms with Crippen LogP contribution in [-0.4, -0.2) is 25.4 Å². The number of aromatic nitrogens is 3. The predicted octanol–water partition coefficient (Wildman–Crippen LogP) is 3.97. The van der Waals surface area contributed by atoms with Gasteiger partial charge in [-0.25, -0.2) is 14.4 Å². The molecule has 2 aromatic carbocycles. The molecule has 32 heavy (non-hydrogen) atoms. The molecular weight excluding hydrogens is 409 g/mol. The van der Waals surface area contributed by atoms with Gasteiger partial charge >= 0.3 is 0 Å². The fraction of sp³-hybridized carbons (Fsp3) is 0.208. The summed E-state index contributed by atoms with van der Waals surface area (Å²) in [5.41, 5.74) is 11.1. The number of anilines is 2. The Morgan fingerprint density at radius 1 is 1.25 bits per heavy atom. The molecule has 4 aromatic rings. The van der Waals surface area contributed by atoms with Crippen LogP contribution >= 0.6 is 0 Å². The number of hydrogen-bond donors (Lipinski definition) is 3. The highest BCUT2D eigenvalue weighted by molar-refractivity contribution is 5.95. The van der Waals surface area contributed by atoms with Crippen LogP contribution in [0.1, 0.15) is 35.7 Å². The second-order valence-electron chi connectivity index (χ2n) is 7.65. The van der Waals surface area contributed by atoms with Gasteiger partial charge in [-0.2, -0.15) is 0 Å². The Labute approximate surface area is 184 Å². The van der Waals surface area contributed by atoms with E-state index in [1.807, 2.05) is 37.3 Å². The number of aliphatic hydroxyl groups is 1. The van der Waals surface area contributed by atoms with Crippen molar-refractivity contribution < 1.29 is 14.3 Å². The van der Waals surface area contributed by atoms with Gasteiger partial charge in [0.2, 0.25) is 0 Å². The van der Waals surface area contributed by atoms with Crippen molar-refractivity contribution >= 4 is 22.9 Å². The second-order valence-corrected chi connectivity index (χ2v) is 7.65. The molecule has 0 aliphatic carbocycles. The molecule has 8 heteroatoms. The molecule has 0 saturated carbocycles. The lowest BCUT2D eigenvalue weighted by Gasteiger charge is -2.14. The van der Waals surface area contributed by atoms with Crippen molar-refractivity contribution in [2.24, 2.45) is 0 Å². The average Bonchev–Trinajstić information content (AvgIpc) is 3.13. The molecule has 7 nitrogen and oxygen atoms in total. The standard InChI is InChI=1S/C24H24FN5O2/c1-4-15-11-18(29-24(32)22(31)16-6-5-7-17(25)10-16)8-9-19(15)20-21-23(26)27-12-13(2)30(21)14(3)28-20/h5-12,22,31H,4H2,1-3H3,(H2,26,27)(H,29,32)/t22-/m0/s1. The number of fused-ring (bicyclic) bond motifs is 1. The summed E-state index contributed by atoms with van der Waals surface area (Å²) in [5, 5.41) is 13.0. The Bertz CT molecular complexity index is 1330. The van der Waals surface area contributed by atoms with Gasteiger partial charge in [-0.05, 0) is 55.7 Å². The first-order chi connectivity index (χ1) is 15.3. The number of carbonyl (C=O) groups excluding carboxylic acids is 1. The highest BCUT2D eigenvalue weighted by Crippen LogP contribution is 2.33. The maximum atomic E-state index is 13.4. The van der Waals surface area contributed by atoms with E-state index >= 15 is 0 Å². The number of aryl methyl sites for hydroxylation is 3. The normalized spacial score (nSPS) is 12.2. The fourth-order valence-electron chi connectivity index (χ4n) is 3.90. The van der Waals surface area contributed by atoms with Gasteiger partial charge < -0.3 is 16.2 Å². The number of nitrogens with zero attached hydrogens (tertiary/aromatic N) is 3. The highest BCUT2D eigenvalue weighted by atomic mass is 19.1. The van der Waals surface area contributed by atoms with Gasteiger partial charge in [0.15, 0.2) is 6.10 Å². The van der Waals surface area contributed by atoms with E-state index < -0.39 is 17.8 Å². The van der Waals surface area contributed by atoms with E-state index in [1.54, 1.807) is 12.3 Å². The third kappa shape index (κ3) is 3.80. The molecule has 0 fully saturated rings. The maximum Gasteiger partial charge on any atom is 0.257 e. The van der Waals surface area contributed by atoms with Crippen LogP contribution in [0.25, 0.3) is 16.8 Å². The van der Waals surface area contributed by atoms with Crippen LogP contribution in [0.15, 0.2) is 48.7 Å². The Kier molecular flexibility index (Phi) is 5.63. The molecule has 0 bridgehead atoms. The molecule has 1 amide bonds. The lowest BCUT2D eigenvalue weighted by Crippen LogP contribution is -2.21. The number of nitrogens with one attached hydrogen (secondary N) is 1. The van der Waals surface area contributed by atoms with Gasteiger partial charge in [-0.15, -0.1) is 0 Å². The van der Waals surface area contributed by atoms with Crippen LogP contribution in [0.4, 0.5) is 15.9 Å². The first-order valence-electron chi connectivity index (χ1n) is 10.3. The van der Waals surface area contributed by atoms with Crippen molar-refractivity contribution in [3.8, 4) is 11.3 Å². The number of imidazole rings is 1. The van der Waals surface area contributed by atoms with Gasteiger partial charge in [-0.1, -0.05) is 25.1 Å². The summed E-state index contributed by atoms with van der Waals surface area (Å²) in [6, 6.07) is 10.8. The van der Waals surface area contributed by atoms with Gasteiger partial charge in [0, 0.05) is 23.1 Å². The molecular formula is C24H24FN5O2. The van der Waals surface area contributed by atoms with E-state index in [9.17, 15) is 14.3 Å². The first kappa shape index (κ1) is 21.5. The van der Waals surface area contributed by atoms with Crippen molar-refractivity contribution in [3.63, 3.8) is 0 Å². The Balaban J connectivity index is 1.68. The highest BCUT2D eigenvalue weighted by Gasteiger charge is 2.20. The van der Waals surface area contributed by atoms with Crippen LogP contribution in [0.5, 0.6) is 0 Å². The molecule has 1 atom stereocenters. The summed E-state index contributed by atoms with van der Waals surface area (Å²) < 4.78 is 15.4. The number of nitrogen functional groups attached to an aromatic ring is 1. The van der Waals surface area contributed by atoms with E-state index in [4.69, 9.17) is 10.7 Å². The quantitative estimate of drug-likeness (QED) is 0.442. The monoisotopic (exact) mass is 433 g/mol. The number of rotatable bonds is 5. The fourth-order valence-corrected chi connectivity index (χ4v) is 3.90. The van der Waals surface area contributed by atoms with E-state index in [1.165, 1.54) is 18.2 Å². The molecule has 2 aromatic heterocycles. The number of carbonyl (C=O) groups is 1. The summed E-state index contributed by atoms with van der Waals surface area (Å²) in [6.07, 6.45) is 0.913. The Morgan fingerprint density at radius 2 is 2.03 bits per heavy atom. The largest absolute Gasteiger partial charge is 0.382 e. The Hall–Kier alpha value is -3.78. The summed E-state index contributed by atoms with van der Waals surface area (Å²) in [6.45, 7) is 5.86. The number of amides is 1. The molecule has 2 heterocycles. The molecule has 0 aliphatic heterocycles. The van der Waals surface area contributed by atoms with E-state index in [0.29, 0.717) is 17.9 Å². The van der Waals surface area contributed by atoms with Crippen molar-refractivity contribution in [3.05, 3.63) is 77.1 Å². The number of hydrogen-bond acceptors (Lipinski definition) is 5. The van der Waals surface area contributed by atoms with Gasteiger partial charge in [-0.3, -0.25) is 9.20 Å². The number of benzene rings is 2. The third-order valence-electron chi connectivity index (χ3n) is 5.45. The average molecular weight is 433 g/mol. The third-order valence-corrected chi connectivity index (χ3v) is 5.45. The second kappa shape index (κ2) is 8.39. The molecule has 0 spiro atoms. The minimum absolute atomic E-state index is 0.188. The van der Waals surface area contributed by atoms with Crippen molar-refractivity contribution in [2.45, 2.75) is 33.3 Å². The molecule has 0 saturated heterocycles.